The number of piperazine rings is 1. The lowest BCUT2D eigenvalue weighted by Gasteiger charge is -2.40. The average molecular weight is 485 g/mol. The SMILES string of the molecule is Cc1[nH]ncc1-c1ccc2nc(Nc3cc(N4CCN(S(C)(=O)=O)C[C@@H]4C)ccn3)sc2n1. The zero-order valence-corrected chi connectivity index (χ0v) is 20.1. The highest BCUT2D eigenvalue weighted by Crippen LogP contribution is 2.31. The van der Waals surface area contributed by atoms with Crippen LogP contribution in [0.5, 0.6) is 0 Å². The Morgan fingerprint density at radius 1 is 1.21 bits per heavy atom. The standard InChI is InChI=1S/C21H24N8O2S2/c1-13-12-28(33(3,30)31)8-9-29(13)15-6-7-22-19(10-15)26-21-25-18-5-4-17(24-20(18)32-21)16-11-23-27-14(16)2/h4-7,10-11,13H,8-9,12H2,1-3H3,(H,23,27)(H,22,25,26)/t13-/m0/s1. The van der Waals surface area contributed by atoms with Gasteiger partial charge in [-0.2, -0.15) is 9.40 Å². The molecular weight excluding hydrogens is 460 g/mol. The molecule has 1 fully saturated rings. The second-order valence-electron chi connectivity index (χ2n) is 8.14. The number of aromatic nitrogens is 5. The molecule has 33 heavy (non-hydrogen) atoms. The van der Waals surface area contributed by atoms with Gasteiger partial charge in [0.1, 0.15) is 16.2 Å². The lowest BCUT2D eigenvalue weighted by molar-refractivity contribution is 0.345. The van der Waals surface area contributed by atoms with Gasteiger partial charge in [-0.25, -0.2) is 23.4 Å². The van der Waals surface area contributed by atoms with Crippen LogP contribution in [-0.4, -0.2) is 69.8 Å². The number of hydrogen-bond donors (Lipinski definition) is 2. The molecule has 1 atom stereocenters. The largest absolute Gasteiger partial charge is 0.366 e. The van der Waals surface area contributed by atoms with Crippen LogP contribution in [0.15, 0.2) is 36.7 Å². The summed E-state index contributed by atoms with van der Waals surface area (Å²) in [5, 5.41) is 11.0. The molecule has 0 aromatic carbocycles. The van der Waals surface area contributed by atoms with Crippen molar-refractivity contribution in [1.29, 1.82) is 0 Å². The molecule has 1 saturated heterocycles. The van der Waals surface area contributed by atoms with Crippen molar-refractivity contribution >= 4 is 48.3 Å². The first-order valence-corrected chi connectivity index (χ1v) is 13.2. The van der Waals surface area contributed by atoms with Crippen molar-refractivity contribution in [1.82, 2.24) is 29.5 Å². The summed E-state index contributed by atoms with van der Waals surface area (Å²) in [4.78, 5) is 16.9. The number of pyridine rings is 2. The second-order valence-corrected chi connectivity index (χ2v) is 11.1. The fourth-order valence-corrected chi connectivity index (χ4v) is 5.76. The lowest BCUT2D eigenvalue weighted by atomic mass is 10.2. The average Bonchev–Trinajstić information content (AvgIpc) is 3.37. The maximum atomic E-state index is 11.9. The number of anilines is 3. The van der Waals surface area contributed by atoms with E-state index in [2.05, 4.69) is 30.4 Å². The fourth-order valence-electron chi connectivity index (χ4n) is 4.01. The molecule has 1 aliphatic heterocycles. The number of fused-ring (bicyclic) bond motifs is 1. The molecular formula is C21H24N8O2S2. The number of thiazole rings is 1. The predicted octanol–water partition coefficient (Wildman–Crippen LogP) is 3.00. The summed E-state index contributed by atoms with van der Waals surface area (Å²) in [5.41, 5.74) is 4.60. The molecule has 4 aromatic rings. The van der Waals surface area contributed by atoms with E-state index in [0.29, 0.717) is 30.6 Å². The van der Waals surface area contributed by atoms with Crippen molar-refractivity contribution in [2.75, 3.05) is 36.1 Å². The Labute approximate surface area is 195 Å². The first-order chi connectivity index (χ1) is 15.8. The molecule has 5 rings (SSSR count). The first-order valence-electron chi connectivity index (χ1n) is 10.5. The molecule has 4 aromatic heterocycles. The van der Waals surface area contributed by atoms with Gasteiger partial charge in [-0.3, -0.25) is 5.10 Å². The second kappa shape index (κ2) is 8.36. The van der Waals surface area contributed by atoms with Crippen LogP contribution >= 0.6 is 11.3 Å². The third-order valence-corrected chi connectivity index (χ3v) is 7.88. The van der Waals surface area contributed by atoms with Crippen molar-refractivity contribution < 1.29 is 8.42 Å². The van der Waals surface area contributed by atoms with Gasteiger partial charge in [0.05, 0.1) is 18.1 Å². The zero-order valence-electron chi connectivity index (χ0n) is 18.5. The molecule has 172 valence electrons. The Hall–Kier alpha value is -3.09. The van der Waals surface area contributed by atoms with E-state index in [9.17, 15) is 8.42 Å². The molecule has 10 nitrogen and oxygen atoms in total. The smallest absolute Gasteiger partial charge is 0.211 e. The van der Waals surface area contributed by atoms with Crippen LogP contribution in [0.1, 0.15) is 12.6 Å². The van der Waals surface area contributed by atoms with Gasteiger partial charge in [0.2, 0.25) is 10.0 Å². The van der Waals surface area contributed by atoms with Crippen LogP contribution < -0.4 is 10.2 Å². The van der Waals surface area contributed by atoms with E-state index in [1.807, 2.05) is 38.1 Å². The first kappa shape index (κ1) is 21.7. The number of H-pyrrole nitrogens is 1. The highest BCUT2D eigenvalue weighted by molar-refractivity contribution is 7.88. The number of aryl methyl sites for hydroxylation is 1. The van der Waals surface area contributed by atoms with E-state index in [1.54, 1.807) is 12.4 Å². The summed E-state index contributed by atoms with van der Waals surface area (Å²) in [6, 6.07) is 7.86. The Balaban J connectivity index is 1.35. The van der Waals surface area contributed by atoms with E-state index in [-0.39, 0.29) is 6.04 Å². The fraction of sp³-hybridized carbons (Fsp3) is 0.333. The molecule has 0 bridgehead atoms. The molecule has 0 aliphatic carbocycles. The molecule has 0 radical (unpaired) electrons. The summed E-state index contributed by atoms with van der Waals surface area (Å²) < 4.78 is 25.3. The van der Waals surface area contributed by atoms with E-state index < -0.39 is 10.0 Å². The van der Waals surface area contributed by atoms with Gasteiger partial charge >= 0.3 is 0 Å². The van der Waals surface area contributed by atoms with Crippen molar-refractivity contribution in [2.24, 2.45) is 0 Å². The van der Waals surface area contributed by atoms with E-state index in [4.69, 9.17) is 4.98 Å². The molecule has 2 N–H and O–H groups in total. The van der Waals surface area contributed by atoms with Crippen molar-refractivity contribution in [3.05, 3.63) is 42.4 Å². The van der Waals surface area contributed by atoms with Crippen LogP contribution in [0.4, 0.5) is 16.6 Å². The third kappa shape index (κ3) is 4.41. The highest BCUT2D eigenvalue weighted by atomic mass is 32.2. The predicted molar refractivity (Wildman–Crippen MR) is 130 cm³/mol. The summed E-state index contributed by atoms with van der Waals surface area (Å²) in [6.07, 6.45) is 4.78. The van der Waals surface area contributed by atoms with E-state index in [0.717, 1.165) is 33.0 Å². The molecule has 0 saturated carbocycles. The third-order valence-electron chi connectivity index (χ3n) is 5.73. The summed E-state index contributed by atoms with van der Waals surface area (Å²) in [7, 11) is -3.18. The Morgan fingerprint density at radius 2 is 2.06 bits per heavy atom. The van der Waals surface area contributed by atoms with Gasteiger partial charge < -0.3 is 10.2 Å². The van der Waals surface area contributed by atoms with Gasteiger partial charge in [-0.15, -0.1) is 0 Å². The van der Waals surface area contributed by atoms with Crippen molar-refractivity contribution in [3.8, 4) is 11.3 Å². The maximum Gasteiger partial charge on any atom is 0.211 e. The van der Waals surface area contributed by atoms with Crippen LogP contribution in [0.25, 0.3) is 21.6 Å². The lowest BCUT2D eigenvalue weighted by Crippen LogP contribution is -2.53. The maximum absolute atomic E-state index is 11.9. The van der Waals surface area contributed by atoms with Crippen LogP contribution in [-0.2, 0) is 10.0 Å². The zero-order chi connectivity index (χ0) is 23.2. The van der Waals surface area contributed by atoms with Crippen molar-refractivity contribution in [2.45, 2.75) is 19.9 Å². The van der Waals surface area contributed by atoms with Crippen LogP contribution in [0.2, 0.25) is 0 Å². The number of sulfonamides is 1. The monoisotopic (exact) mass is 484 g/mol. The molecule has 0 amide bonds. The minimum atomic E-state index is -3.18. The normalized spacial score (nSPS) is 17.5. The van der Waals surface area contributed by atoms with Gasteiger partial charge in [0.25, 0.3) is 0 Å². The number of nitrogens with one attached hydrogen (secondary N) is 2. The highest BCUT2D eigenvalue weighted by Gasteiger charge is 2.29. The summed E-state index contributed by atoms with van der Waals surface area (Å²) in [6.45, 7) is 5.55. The minimum absolute atomic E-state index is 0.0557. The molecule has 0 spiro atoms. The van der Waals surface area contributed by atoms with Gasteiger partial charge in [-0.1, -0.05) is 11.3 Å². The molecule has 12 heteroatoms. The topological polar surface area (TPSA) is 120 Å². The van der Waals surface area contributed by atoms with E-state index in [1.165, 1.54) is 21.9 Å². The Bertz CT molecular complexity index is 1410. The van der Waals surface area contributed by atoms with Gasteiger partial charge in [0, 0.05) is 54.9 Å². The van der Waals surface area contributed by atoms with Crippen molar-refractivity contribution in [3.63, 3.8) is 0 Å². The Morgan fingerprint density at radius 3 is 2.79 bits per heavy atom. The number of hydrogen-bond acceptors (Lipinski definition) is 9. The molecule has 1 aliphatic rings. The molecule has 0 unspecified atom stereocenters. The van der Waals surface area contributed by atoms with Gasteiger partial charge in [0.15, 0.2) is 5.13 Å². The number of nitrogens with zero attached hydrogens (tertiary/aromatic N) is 6. The molecule has 5 heterocycles. The number of aromatic amines is 1. The van der Waals surface area contributed by atoms with Gasteiger partial charge in [-0.05, 0) is 32.0 Å². The van der Waals surface area contributed by atoms with Crippen LogP contribution in [0, 0.1) is 6.92 Å². The Kier molecular flexibility index (Phi) is 5.51. The summed E-state index contributed by atoms with van der Waals surface area (Å²) >= 11 is 1.46. The minimum Gasteiger partial charge on any atom is -0.366 e. The summed E-state index contributed by atoms with van der Waals surface area (Å²) in [5.74, 6) is 0.676. The van der Waals surface area contributed by atoms with Crippen LogP contribution in [0.3, 0.4) is 0 Å². The quantitative estimate of drug-likeness (QED) is 0.444. The number of rotatable bonds is 5. The van der Waals surface area contributed by atoms with E-state index >= 15 is 0 Å².